The molecule has 0 heterocycles. The summed E-state index contributed by atoms with van der Waals surface area (Å²) in [5.41, 5.74) is 3.11. The van der Waals surface area contributed by atoms with Crippen LogP contribution in [0.2, 0.25) is 0 Å². The first kappa shape index (κ1) is 21.2. The number of carbonyl (C=O) groups is 2. The predicted octanol–water partition coefficient (Wildman–Crippen LogP) is 2.79. The number of nitrogens with zero attached hydrogens (tertiary/aromatic N) is 1. The number of fused-ring (bicyclic) bond motifs is 1. The smallest absolute Gasteiger partial charge is 0.338 e. The fraction of sp³-hybridized carbons (Fsp3) is 0.333. The number of esters is 1. The molecule has 0 radical (unpaired) electrons. The van der Waals surface area contributed by atoms with E-state index in [1.165, 1.54) is 56.5 Å². The maximum atomic E-state index is 12.6. The van der Waals surface area contributed by atoms with Crippen molar-refractivity contribution >= 4 is 21.8 Å². The summed E-state index contributed by atoms with van der Waals surface area (Å²) in [4.78, 5) is 29.7. The van der Waals surface area contributed by atoms with Crippen LogP contribution in [0.15, 0.2) is 47.4 Å². The van der Waals surface area contributed by atoms with Crippen molar-refractivity contribution in [1.82, 2.24) is 4.47 Å². The number of ether oxygens (including phenoxy) is 1. The minimum Gasteiger partial charge on any atom is -0.451 e. The van der Waals surface area contributed by atoms with Gasteiger partial charge in [-0.2, -0.15) is 0 Å². The van der Waals surface area contributed by atoms with Gasteiger partial charge in [0.05, 0.1) is 17.6 Å². The number of sulfonamides is 1. The molecule has 29 heavy (non-hydrogen) atoms. The molecule has 0 fully saturated rings. The van der Waals surface area contributed by atoms with Gasteiger partial charge < -0.3 is 4.74 Å². The molecule has 2 aromatic rings. The van der Waals surface area contributed by atoms with Crippen LogP contribution in [0.1, 0.15) is 45.2 Å². The fourth-order valence-corrected chi connectivity index (χ4v) is 4.22. The van der Waals surface area contributed by atoms with E-state index < -0.39 is 22.1 Å². The lowest BCUT2D eigenvalue weighted by atomic mass is 10.0. The third kappa shape index (κ3) is 4.39. The molecule has 7 nitrogen and oxygen atoms in total. The van der Waals surface area contributed by atoms with Gasteiger partial charge in [-0.1, -0.05) is 16.6 Å². The summed E-state index contributed by atoms with van der Waals surface area (Å²) in [6.07, 6.45) is 2.12. The van der Waals surface area contributed by atoms with Gasteiger partial charge in [-0.15, -0.1) is 0 Å². The van der Waals surface area contributed by atoms with Crippen LogP contribution < -0.4 is 0 Å². The molecular formula is C21H23NO6S. The molecule has 0 amide bonds. The Bertz CT molecular complexity index is 1030. The first-order valence-electron chi connectivity index (χ1n) is 9.24. The van der Waals surface area contributed by atoms with E-state index in [2.05, 4.69) is 0 Å². The molecule has 0 saturated carbocycles. The van der Waals surface area contributed by atoms with E-state index in [0.717, 1.165) is 23.7 Å². The number of benzene rings is 2. The van der Waals surface area contributed by atoms with E-state index >= 15 is 0 Å². The van der Waals surface area contributed by atoms with Crippen molar-refractivity contribution in [1.29, 1.82) is 0 Å². The van der Waals surface area contributed by atoms with Crippen molar-refractivity contribution in [2.45, 2.75) is 37.2 Å². The van der Waals surface area contributed by atoms with Crippen LogP contribution in [-0.4, -0.2) is 44.9 Å². The van der Waals surface area contributed by atoms with Crippen molar-refractivity contribution in [2.75, 3.05) is 14.2 Å². The summed E-state index contributed by atoms with van der Waals surface area (Å²) in [7, 11) is -1.30. The van der Waals surface area contributed by atoms with E-state index in [4.69, 9.17) is 9.57 Å². The van der Waals surface area contributed by atoms with E-state index in [-0.39, 0.29) is 16.2 Å². The predicted molar refractivity (Wildman–Crippen MR) is 106 cm³/mol. The second-order valence-electron chi connectivity index (χ2n) is 6.87. The number of hydrogen-bond acceptors (Lipinski definition) is 6. The van der Waals surface area contributed by atoms with Gasteiger partial charge in [-0.05, 0) is 67.6 Å². The zero-order valence-corrected chi connectivity index (χ0v) is 17.4. The molecule has 0 aliphatic heterocycles. The lowest BCUT2D eigenvalue weighted by molar-refractivity contribution is -0.0258. The Labute approximate surface area is 170 Å². The average molecular weight is 417 g/mol. The average Bonchev–Trinajstić information content (AvgIpc) is 3.20. The van der Waals surface area contributed by atoms with Crippen molar-refractivity contribution in [2.24, 2.45) is 0 Å². The number of hydrogen-bond donors (Lipinski definition) is 0. The van der Waals surface area contributed by atoms with Crippen LogP contribution in [-0.2, 0) is 32.4 Å². The van der Waals surface area contributed by atoms with Crippen LogP contribution in [0.5, 0.6) is 0 Å². The molecule has 2 aromatic carbocycles. The second-order valence-corrected chi connectivity index (χ2v) is 8.81. The maximum absolute atomic E-state index is 12.6. The second kappa shape index (κ2) is 8.44. The largest absolute Gasteiger partial charge is 0.451 e. The van der Waals surface area contributed by atoms with Crippen molar-refractivity contribution in [3.05, 3.63) is 64.7 Å². The lowest BCUT2D eigenvalue weighted by Crippen LogP contribution is -2.26. The molecule has 3 rings (SSSR count). The molecule has 1 aliphatic rings. The Morgan fingerprint density at radius 1 is 1.00 bits per heavy atom. The van der Waals surface area contributed by atoms with Gasteiger partial charge in [0.15, 0.2) is 6.10 Å². The van der Waals surface area contributed by atoms with E-state index in [0.29, 0.717) is 5.56 Å². The van der Waals surface area contributed by atoms with E-state index in [1.807, 2.05) is 12.1 Å². The number of ketones is 1. The van der Waals surface area contributed by atoms with Gasteiger partial charge in [0.2, 0.25) is 5.78 Å². The van der Waals surface area contributed by atoms with Crippen LogP contribution in [0.4, 0.5) is 0 Å². The summed E-state index contributed by atoms with van der Waals surface area (Å²) < 4.78 is 30.4. The first-order valence-corrected chi connectivity index (χ1v) is 10.7. The molecule has 0 bridgehead atoms. The van der Waals surface area contributed by atoms with E-state index in [9.17, 15) is 18.0 Å². The van der Waals surface area contributed by atoms with E-state index in [1.54, 1.807) is 6.07 Å². The number of hydroxylamine groups is 1. The molecule has 0 aromatic heterocycles. The molecule has 0 unspecified atom stereocenters. The first-order chi connectivity index (χ1) is 13.7. The zero-order chi connectivity index (χ0) is 21.2. The van der Waals surface area contributed by atoms with Gasteiger partial charge in [-0.25, -0.2) is 13.2 Å². The molecule has 1 atom stereocenters. The Kier molecular flexibility index (Phi) is 6.16. The summed E-state index contributed by atoms with van der Waals surface area (Å²) in [6, 6.07) is 10.9. The minimum atomic E-state index is -3.80. The topological polar surface area (TPSA) is 90.0 Å². The summed E-state index contributed by atoms with van der Waals surface area (Å²) >= 11 is 0. The number of rotatable bonds is 7. The van der Waals surface area contributed by atoms with Gasteiger partial charge >= 0.3 is 5.97 Å². The normalized spacial score (nSPS) is 14.5. The van der Waals surface area contributed by atoms with Gasteiger partial charge in [0.1, 0.15) is 0 Å². The number of aryl methyl sites for hydroxylation is 2. The molecular weight excluding hydrogens is 394 g/mol. The Hall–Kier alpha value is -2.55. The Morgan fingerprint density at radius 2 is 1.62 bits per heavy atom. The zero-order valence-electron chi connectivity index (χ0n) is 16.5. The maximum Gasteiger partial charge on any atom is 0.338 e. The summed E-state index contributed by atoms with van der Waals surface area (Å²) in [6.45, 7) is 1.53. The SMILES string of the molecule is CON(C)S(=O)(=O)c1ccc(C(=O)O[C@@H](C)C(=O)c2ccc3c(c2)CCC3)cc1. The van der Waals surface area contributed by atoms with Crippen LogP contribution in [0.25, 0.3) is 0 Å². The highest BCUT2D eigenvalue weighted by Gasteiger charge is 2.24. The number of Topliss-reactive ketones (excluding diaryl/α,β-unsaturated/α-hetero) is 1. The third-order valence-electron chi connectivity index (χ3n) is 5.02. The monoisotopic (exact) mass is 417 g/mol. The lowest BCUT2D eigenvalue weighted by Gasteiger charge is -2.15. The quantitative estimate of drug-likeness (QED) is 0.391. The standard InChI is InChI=1S/C21H23NO6S/c1-14(20(23)18-8-7-15-5-4-6-17(15)13-18)28-21(24)16-9-11-19(12-10-16)29(25,26)22(2)27-3/h7-14H,4-6H2,1-3H3/t14-/m0/s1. The third-order valence-corrected chi connectivity index (χ3v) is 6.71. The van der Waals surface area contributed by atoms with Crippen molar-refractivity contribution in [3.8, 4) is 0 Å². The molecule has 0 spiro atoms. The highest BCUT2D eigenvalue weighted by atomic mass is 32.2. The van der Waals surface area contributed by atoms with Crippen LogP contribution in [0.3, 0.4) is 0 Å². The van der Waals surface area contributed by atoms with Crippen LogP contribution in [0, 0.1) is 0 Å². The molecule has 0 N–H and O–H groups in total. The molecule has 154 valence electrons. The Morgan fingerprint density at radius 3 is 2.28 bits per heavy atom. The van der Waals surface area contributed by atoms with Gasteiger partial charge in [0, 0.05) is 12.6 Å². The summed E-state index contributed by atoms with van der Waals surface area (Å²) in [5.74, 6) is -0.968. The fourth-order valence-electron chi connectivity index (χ4n) is 3.25. The van der Waals surface area contributed by atoms with Gasteiger partial charge in [0.25, 0.3) is 10.0 Å². The van der Waals surface area contributed by atoms with Gasteiger partial charge in [-0.3, -0.25) is 9.63 Å². The molecule has 1 aliphatic carbocycles. The summed E-state index contributed by atoms with van der Waals surface area (Å²) in [5, 5.41) is 0. The van der Waals surface area contributed by atoms with Crippen LogP contribution >= 0.6 is 0 Å². The highest BCUT2D eigenvalue weighted by Crippen LogP contribution is 2.24. The number of carbonyl (C=O) groups excluding carboxylic acids is 2. The van der Waals surface area contributed by atoms with Crippen molar-refractivity contribution < 1.29 is 27.6 Å². The Balaban J connectivity index is 1.69. The molecule has 8 heteroatoms. The van der Waals surface area contributed by atoms with Crippen molar-refractivity contribution in [3.63, 3.8) is 0 Å². The minimum absolute atomic E-state index is 0.0272. The highest BCUT2D eigenvalue weighted by molar-refractivity contribution is 7.89. The molecule has 0 saturated heterocycles.